The lowest BCUT2D eigenvalue weighted by Gasteiger charge is -2.10. The van der Waals surface area contributed by atoms with Crippen molar-refractivity contribution in [2.45, 2.75) is 44.3 Å². The number of benzene rings is 1. The molecule has 5 rings (SSSR count). The molecule has 5 heteroatoms. The van der Waals surface area contributed by atoms with Crippen molar-refractivity contribution in [1.82, 2.24) is 20.3 Å². The highest BCUT2D eigenvalue weighted by Gasteiger charge is 2.22. The Bertz CT molecular complexity index is 915. The van der Waals surface area contributed by atoms with E-state index in [1.165, 1.54) is 31.2 Å². The van der Waals surface area contributed by atoms with Gasteiger partial charge in [0, 0.05) is 42.0 Å². The van der Waals surface area contributed by atoms with E-state index < -0.39 is 0 Å². The Labute approximate surface area is 146 Å². The zero-order valence-electron chi connectivity index (χ0n) is 14.1. The second-order valence-electron chi connectivity index (χ2n) is 7.11. The fourth-order valence-corrected chi connectivity index (χ4v) is 3.06. The molecular formula is C20H21N5. The maximum absolute atomic E-state index is 4.45. The molecule has 0 atom stereocenters. The van der Waals surface area contributed by atoms with Crippen molar-refractivity contribution in [3.05, 3.63) is 48.5 Å². The van der Waals surface area contributed by atoms with Crippen LogP contribution in [0.25, 0.3) is 22.0 Å². The second-order valence-corrected chi connectivity index (χ2v) is 7.11. The molecule has 0 radical (unpaired) electrons. The van der Waals surface area contributed by atoms with Crippen molar-refractivity contribution in [2.75, 3.05) is 5.32 Å². The smallest absolute Gasteiger partial charge is 0.137 e. The first kappa shape index (κ1) is 14.8. The molecule has 2 heterocycles. The van der Waals surface area contributed by atoms with Gasteiger partial charge < -0.3 is 10.6 Å². The maximum Gasteiger partial charge on any atom is 0.137 e. The number of nitrogens with one attached hydrogen (secondary N) is 2. The highest BCUT2D eigenvalue weighted by molar-refractivity contribution is 5.92. The number of nitrogens with zero attached hydrogens (tertiary/aromatic N) is 3. The molecule has 2 saturated carbocycles. The Hall–Kier alpha value is -2.53. The van der Waals surface area contributed by atoms with Crippen LogP contribution in [0.2, 0.25) is 0 Å². The van der Waals surface area contributed by atoms with Gasteiger partial charge in [0.25, 0.3) is 0 Å². The van der Waals surface area contributed by atoms with Gasteiger partial charge in [0.1, 0.15) is 12.1 Å². The number of pyridine rings is 1. The van der Waals surface area contributed by atoms with Crippen LogP contribution in [-0.2, 0) is 6.54 Å². The first-order valence-corrected chi connectivity index (χ1v) is 9.04. The van der Waals surface area contributed by atoms with Gasteiger partial charge >= 0.3 is 0 Å². The Morgan fingerprint density at radius 2 is 1.80 bits per heavy atom. The third-order valence-corrected chi connectivity index (χ3v) is 4.85. The average molecular weight is 331 g/mol. The first-order chi connectivity index (χ1) is 12.3. The Morgan fingerprint density at radius 1 is 0.920 bits per heavy atom. The van der Waals surface area contributed by atoms with Crippen molar-refractivity contribution in [3.8, 4) is 11.1 Å². The molecule has 0 aliphatic heterocycles. The van der Waals surface area contributed by atoms with Crippen LogP contribution in [0.1, 0.15) is 31.2 Å². The van der Waals surface area contributed by atoms with E-state index in [1.807, 2.05) is 12.4 Å². The van der Waals surface area contributed by atoms with E-state index in [2.05, 4.69) is 49.9 Å². The molecule has 0 spiro atoms. The summed E-state index contributed by atoms with van der Waals surface area (Å²) in [5.41, 5.74) is 4.49. The van der Waals surface area contributed by atoms with Crippen molar-refractivity contribution >= 4 is 16.7 Å². The molecule has 0 amide bonds. The molecule has 126 valence electrons. The van der Waals surface area contributed by atoms with Gasteiger partial charge in [0.2, 0.25) is 0 Å². The number of hydrogen-bond donors (Lipinski definition) is 2. The van der Waals surface area contributed by atoms with Gasteiger partial charge in [-0.1, -0.05) is 6.07 Å². The topological polar surface area (TPSA) is 62.7 Å². The second kappa shape index (κ2) is 6.08. The van der Waals surface area contributed by atoms with Gasteiger partial charge in [0.05, 0.1) is 5.52 Å². The van der Waals surface area contributed by atoms with Crippen LogP contribution < -0.4 is 10.6 Å². The molecule has 0 unspecified atom stereocenters. The van der Waals surface area contributed by atoms with E-state index in [0.717, 1.165) is 34.4 Å². The third kappa shape index (κ3) is 3.33. The largest absolute Gasteiger partial charge is 0.367 e. The maximum atomic E-state index is 4.45. The van der Waals surface area contributed by atoms with Crippen LogP contribution >= 0.6 is 0 Å². The lowest BCUT2D eigenvalue weighted by atomic mass is 10.0. The van der Waals surface area contributed by atoms with E-state index >= 15 is 0 Å². The van der Waals surface area contributed by atoms with Crippen LogP contribution in [0, 0.1) is 0 Å². The average Bonchev–Trinajstić information content (AvgIpc) is 3.55. The van der Waals surface area contributed by atoms with Crippen LogP contribution in [0.3, 0.4) is 0 Å². The van der Waals surface area contributed by atoms with E-state index in [0.29, 0.717) is 12.1 Å². The highest BCUT2D eigenvalue weighted by atomic mass is 15.1. The predicted octanol–water partition coefficient (Wildman–Crippen LogP) is 3.52. The van der Waals surface area contributed by atoms with Crippen molar-refractivity contribution < 1.29 is 0 Å². The van der Waals surface area contributed by atoms with Gasteiger partial charge in [0.15, 0.2) is 0 Å². The molecule has 2 aliphatic rings. The Kier molecular flexibility index (Phi) is 3.59. The summed E-state index contributed by atoms with van der Waals surface area (Å²) < 4.78 is 0. The first-order valence-electron chi connectivity index (χ1n) is 9.04. The fourth-order valence-electron chi connectivity index (χ4n) is 3.06. The zero-order chi connectivity index (χ0) is 16.6. The summed E-state index contributed by atoms with van der Waals surface area (Å²) in [7, 11) is 0. The Morgan fingerprint density at radius 3 is 2.64 bits per heavy atom. The summed E-state index contributed by atoms with van der Waals surface area (Å²) >= 11 is 0. The van der Waals surface area contributed by atoms with Gasteiger partial charge in [-0.2, -0.15) is 0 Å². The van der Waals surface area contributed by atoms with E-state index in [1.54, 1.807) is 6.33 Å². The molecule has 0 saturated heterocycles. The molecule has 2 aliphatic carbocycles. The molecule has 3 aromatic rings. The fraction of sp³-hybridized carbons (Fsp3) is 0.350. The van der Waals surface area contributed by atoms with Crippen molar-refractivity contribution in [1.29, 1.82) is 0 Å². The van der Waals surface area contributed by atoms with Gasteiger partial charge in [-0.15, -0.1) is 0 Å². The molecule has 2 N–H and O–H groups in total. The molecule has 5 nitrogen and oxygen atoms in total. The highest BCUT2D eigenvalue weighted by Crippen LogP contribution is 2.30. The number of rotatable bonds is 6. The van der Waals surface area contributed by atoms with Crippen molar-refractivity contribution in [2.24, 2.45) is 0 Å². The van der Waals surface area contributed by atoms with E-state index in [4.69, 9.17) is 0 Å². The number of aromatic nitrogens is 3. The van der Waals surface area contributed by atoms with E-state index in [-0.39, 0.29) is 0 Å². The summed E-state index contributed by atoms with van der Waals surface area (Å²) in [4.78, 5) is 13.3. The summed E-state index contributed by atoms with van der Waals surface area (Å²) in [5, 5.41) is 8.14. The zero-order valence-corrected chi connectivity index (χ0v) is 14.1. The predicted molar refractivity (Wildman–Crippen MR) is 99.3 cm³/mol. The Balaban J connectivity index is 1.48. The minimum absolute atomic E-state index is 0.570. The standard InChI is InChI=1S/C20H21N5/c1-6-19-18(20(24-12-23-19)25-17-4-5-17)8-14(1)15-7-13(9-21-11-15)10-22-16-2-3-16/h1,6-9,11-12,16-17,22H,2-5,10H2,(H,23,24,25). The lowest BCUT2D eigenvalue weighted by molar-refractivity contribution is 0.686. The lowest BCUT2D eigenvalue weighted by Crippen LogP contribution is -2.15. The quantitative estimate of drug-likeness (QED) is 0.723. The monoisotopic (exact) mass is 331 g/mol. The van der Waals surface area contributed by atoms with Gasteiger partial charge in [-0.25, -0.2) is 9.97 Å². The molecule has 2 aromatic heterocycles. The number of fused-ring (bicyclic) bond motifs is 1. The van der Waals surface area contributed by atoms with Gasteiger partial charge in [-0.3, -0.25) is 4.98 Å². The van der Waals surface area contributed by atoms with E-state index in [9.17, 15) is 0 Å². The SMILES string of the molecule is c1nc(NC2CC2)c2cc(-c3cncc(CNC4CC4)c3)ccc2n1. The minimum atomic E-state index is 0.570. The molecule has 2 fully saturated rings. The van der Waals surface area contributed by atoms with Crippen molar-refractivity contribution in [3.63, 3.8) is 0 Å². The van der Waals surface area contributed by atoms with Crippen LogP contribution in [0.15, 0.2) is 43.0 Å². The summed E-state index contributed by atoms with van der Waals surface area (Å²) in [6.07, 6.45) is 10.6. The summed E-state index contributed by atoms with van der Waals surface area (Å²) in [6, 6.07) is 9.86. The van der Waals surface area contributed by atoms with Gasteiger partial charge in [-0.05, 0) is 55.0 Å². The van der Waals surface area contributed by atoms with Crippen LogP contribution in [0.4, 0.5) is 5.82 Å². The van der Waals surface area contributed by atoms with Crippen LogP contribution in [0.5, 0.6) is 0 Å². The molecular weight excluding hydrogens is 310 g/mol. The number of hydrogen-bond acceptors (Lipinski definition) is 5. The number of anilines is 1. The third-order valence-electron chi connectivity index (χ3n) is 4.85. The van der Waals surface area contributed by atoms with Crippen LogP contribution in [-0.4, -0.2) is 27.0 Å². The molecule has 1 aromatic carbocycles. The normalized spacial score (nSPS) is 17.0. The summed E-state index contributed by atoms with van der Waals surface area (Å²) in [6.45, 7) is 0.886. The molecule has 0 bridgehead atoms. The summed E-state index contributed by atoms with van der Waals surface area (Å²) in [5.74, 6) is 0.939. The minimum Gasteiger partial charge on any atom is -0.367 e. The molecule has 25 heavy (non-hydrogen) atoms.